The molecule has 0 bridgehead atoms. The van der Waals surface area contributed by atoms with E-state index in [0.717, 1.165) is 25.7 Å². The average Bonchev–Trinajstić information content (AvgIpc) is 2.25. The molecule has 1 fully saturated rings. The lowest BCUT2D eigenvalue weighted by molar-refractivity contribution is -0.161. The standard InChI is InChI=1S/C17H34O3Si/c1-16(2,3)19-15(18)13-9-11-14(12-10-13)20-21(7,8)17(4,5)6/h13-14H,9-12H2,1-8H3. The zero-order valence-electron chi connectivity index (χ0n) is 15.2. The van der Waals surface area contributed by atoms with Gasteiger partial charge >= 0.3 is 5.97 Å². The van der Waals surface area contributed by atoms with Crippen LogP contribution in [-0.2, 0) is 14.0 Å². The van der Waals surface area contributed by atoms with Crippen LogP contribution in [0.2, 0.25) is 18.1 Å². The summed E-state index contributed by atoms with van der Waals surface area (Å²) >= 11 is 0. The smallest absolute Gasteiger partial charge is 0.309 e. The molecule has 0 aliphatic heterocycles. The van der Waals surface area contributed by atoms with Gasteiger partial charge in [-0.05, 0) is 64.6 Å². The Morgan fingerprint density at radius 2 is 1.43 bits per heavy atom. The second kappa shape index (κ2) is 6.41. The van der Waals surface area contributed by atoms with Crippen molar-refractivity contribution in [1.82, 2.24) is 0 Å². The van der Waals surface area contributed by atoms with Crippen LogP contribution in [0.4, 0.5) is 0 Å². The minimum atomic E-state index is -1.70. The normalized spacial score (nSPS) is 24.8. The van der Waals surface area contributed by atoms with E-state index in [9.17, 15) is 4.79 Å². The summed E-state index contributed by atoms with van der Waals surface area (Å²) in [6, 6.07) is 0. The number of esters is 1. The van der Waals surface area contributed by atoms with Crippen molar-refractivity contribution >= 4 is 14.3 Å². The Kier molecular flexibility index (Phi) is 5.71. The molecule has 0 spiro atoms. The van der Waals surface area contributed by atoms with Crippen LogP contribution in [0.3, 0.4) is 0 Å². The fourth-order valence-corrected chi connectivity index (χ4v) is 3.82. The molecule has 124 valence electrons. The van der Waals surface area contributed by atoms with E-state index >= 15 is 0 Å². The first-order valence-electron chi connectivity index (χ1n) is 8.22. The molecule has 0 unspecified atom stereocenters. The Balaban J connectivity index is 2.48. The summed E-state index contributed by atoms with van der Waals surface area (Å²) in [6.45, 7) is 17.2. The summed E-state index contributed by atoms with van der Waals surface area (Å²) in [5, 5.41) is 0.245. The quantitative estimate of drug-likeness (QED) is 0.548. The third-order valence-electron chi connectivity index (χ3n) is 4.68. The highest BCUT2D eigenvalue weighted by Crippen LogP contribution is 2.39. The fourth-order valence-electron chi connectivity index (χ4n) is 2.39. The number of ether oxygens (including phenoxy) is 1. The van der Waals surface area contributed by atoms with Crippen molar-refractivity contribution in [1.29, 1.82) is 0 Å². The van der Waals surface area contributed by atoms with Gasteiger partial charge in [-0.25, -0.2) is 0 Å². The molecule has 3 nitrogen and oxygen atoms in total. The van der Waals surface area contributed by atoms with Crippen molar-refractivity contribution in [2.24, 2.45) is 5.92 Å². The van der Waals surface area contributed by atoms with Gasteiger partial charge in [0.25, 0.3) is 0 Å². The minimum Gasteiger partial charge on any atom is -0.460 e. The highest BCUT2D eigenvalue weighted by molar-refractivity contribution is 6.74. The van der Waals surface area contributed by atoms with E-state index in [1.165, 1.54) is 0 Å². The lowest BCUT2D eigenvalue weighted by atomic mass is 9.87. The van der Waals surface area contributed by atoms with Crippen LogP contribution in [-0.4, -0.2) is 26.0 Å². The van der Waals surface area contributed by atoms with Gasteiger partial charge in [0, 0.05) is 6.10 Å². The van der Waals surface area contributed by atoms with E-state index in [-0.39, 0.29) is 22.5 Å². The van der Waals surface area contributed by atoms with Crippen molar-refractivity contribution in [3.63, 3.8) is 0 Å². The predicted octanol–water partition coefficient (Wildman–Crippen LogP) is 4.91. The molecule has 1 aliphatic rings. The predicted molar refractivity (Wildman–Crippen MR) is 89.9 cm³/mol. The lowest BCUT2D eigenvalue weighted by Crippen LogP contribution is -2.45. The van der Waals surface area contributed by atoms with E-state index in [2.05, 4.69) is 33.9 Å². The molecule has 0 aromatic heterocycles. The Labute approximate surface area is 131 Å². The molecule has 4 heteroatoms. The first-order chi connectivity index (χ1) is 9.32. The van der Waals surface area contributed by atoms with Gasteiger partial charge in [0.05, 0.1) is 5.92 Å². The summed E-state index contributed by atoms with van der Waals surface area (Å²) in [4.78, 5) is 12.1. The van der Waals surface area contributed by atoms with Gasteiger partial charge in [-0.1, -0.05) is 20.8 Å². The average molecular weight is 315 g/mol. The molecule has 0 aromatic rings. The highest BCUT2D eigenvalue weighted by atomic mass is 28.4. The molecule has 0 saturated heterocycles. The Morgan fingerprint density at radius 3 is 1.81 bits per heavy atom. The molecule has 0 N–H and O–H groups in total. The molecular weight excluding hydrogens is 280 g/mol. The monoisotopic (exact) mass is 314 g/mol. The van der Waals surface area contributed by atoms with Gasteiger partial charge in [0.15, 0.2) is 8.32 Å². The molecule has 21 heavy (non-hydrogen) atoms. The van der Waals surface area contributed by atoms with E-state index in [4.69, 9.17) is 9.16 Å². The number of hydrogen-bond donors (Lipinski definition) is 0. The summed E-state index contributed by atoms with van der Waals surface area (Å²) in [5.41, 5.74) is -0.383. The SMILES string of the molecule is CC(C)(C)OC(=O)C1CCC(O[Si](C)(C)C(C)(C)C)CC1. The Bertz CT molecular complexity index is 355. The van der Waals surface area contributed by atoms with E-state index in [1.54, 1.807) is 0 Å². The third-order valence-corrected chi connectivity index (χ3v) is 9.22. The first-order valence-corrected chi connectivity index (χ1v) is 11.1. The summed E-state index contributed by atoms with van der Waals surface area (Å²) in [6.07, 6.45) is 4.08. The number of carbonyl (C=O) groups excluding carboxylic acids is 1. The van der Waals surface area contributed by atoms with Gasteiger partial charge in [-0.3, -0.25) is 4.79 Å². The maximum absolute atomic E-state index is 12.1. The van der Waals surface area contributed by atoms with Crippen LogP contribution in [0, 0.1) is 5.92 Å². The van der Waals surface area contributed by atoms with Gasteiger partial charge < -0.3 is 9.16 Å². The second-order valence-electron chi connectivity index (χ2n) is 8.89. The van der Waals surface area contributed by atoms with Gasteiger partial charge in [0.2, 0.25) is 0 Å². The maximum Gasteiger partial charge on any atom is 0.309 e. The zero-order chi connectivity index (χ0) is 16.5. The molecule has 0 aromatic carbocycles. The summed E-state index contributed by atoms with van der Waals surface area (Å²) in [5.74, 6) is 0.0248. The van der Waals surface area contributed by atoms with Crippen molar-refractivity contribution in [2.45, 2.75) is 97.1 Å². The number of carbonyl (C=O) groups is 1. The van der Waals surface area contributed by atoms with Crippen molar-refractivity contribution < 1.29 is 14.0 Å². The lowest BCUT2D eigenvalue weighted by Gasteiger charge is -2.41. The molecular formula is C17H34O3Si. The van der Waals surface area contributed by atoms with Crippen LogP contribution in [0.1, 0.15) is 67.2 Å². The van der Waals surface area contributed by atoms with E-state index in [1.807, 2.05) is 20.8 Å². The van der Waals surface area contributed by atoms with Crippen LogP contribution in [0.25, 0.3) is 0 Å². The molecule has 1 rings (SSSR count). The zero-order valence-corrected chi connectivity index (χ0v) is 16.2. The van der Waals surface area contributed by atoms with E-state index < -0.39 is 8.32 Å². The Hall–Kier alpha value is -0.353. The number of hydrogen-bond acceptors (Lipinski definition) is 3. The molecule has 0 amide bonds. The van der Waals surface area contributed by atoms with Crippen LogP contribution in [0.15, 0.2) is 0 Å². The Morgan fingerprint density at radius 1 is 0.952 bits per heavy atom. The molecule has 1 aliphatic carbocycles. The fraction of sp³-hybridized carbons (Fsp3) is 0.941. The van der Waals surface area contributed by atoms with Crippen molar-refractivity contribution in [2.75, 3.05) is 0 Å². The maximum atomic E-state index is 12.1. The topological polar surface area (TPSA) is 35.5 Å². The third kappa shape index (κ3) is 5.74. The van der Waals surface area contributed by atoms with Gasteiger partial charge in [0.1, 0.15) is 5.60 Å². The molecule has 0 radical (unpaired) electrons. The van der Waals surface area contributed by atoms with Crippen molar-refractivity contribution in [3.8, 4) is 0 Å². The highest BCUT2D eigenvalue weighted by Gasteiger charge is 2.40. The molecule has 1 saturated carbocycles. The summed E-state index contributed by atoms with van der Waals surface area (Å²) in [7, 11) is -1.70. The van der Waals surface area contributed by atoms with Gasteiger partial charge in [-0.15, -0.1) is 0 Å². The largest absolute Gasteiger partial charge is 0.460 e. The van der Waals surface area contributed by atoms with Crippen LogP contribution < -0.4 is 0 Å². The molecule has 0 heterocycles. The second-order valence-corrected chi connectivity index (χ2v) is 13.6. The van der Waals surface area contributed by atoms with Gasteiger partial charge in [-0.2, -0.15) is 0 Å². The minimum absolute atomic E-state index is 0.0340. The van der Waals surface area contributed by atoms with Crippen molar-refractivity contribution in [3.05, 3.63) is 0 Å². The van der Waals surface area contributed by atoms with Crippen LogP contribution in [0.5, 0.6) is 0 Å². The van der Waals surface area contributed by atoms with Crippen LogP contribution >= 0.6 is 0 Å². The number of rotatable bonds is 3. The molecule has 0 atom stereocenters. The summed E-state index contributed by atoms with van der Waals surface area (Å²) < 4.78 is 12.0. The van der Waals surface area contributed by atoms with E-state index in [0.29, 0.717) is 6.10 Å². The first kappa shape index (κ1) is 18.7.